The molecule has 0 spiro atoms. The summed E-state index contributed by atoms with van der Waals surface area (Å²) in [5.41, 5.74) is 0.880. The Hall–Kier alpha value is -2.92. The van der Waals surface area contributed by atoms with Gasteiger partial charge in [0, 0.05) is 6.42 Å². The maximum Gasteiger partial charge on any atom is 0.356 e. The summed E-state index contributed by atoms with van der Waals surface area (Å²) in [6, 6.07) is 12.6. The number of pyridine rings is 1. The second-order valence-corrected chi connectivity index (χ2v) is 6.49. The number of nitrogens with one attached hydrogen (secondary N) is 1. The number of esters is 1. The number of aromatic nitrogens is 1. The molecule has 0 saturated heterocycles. The van der Waals surface area contributed by atoms with Crippen molar-refractivity contribution in [2.24, 2.45) is 0 Å². The van der Waals surface area contributed by atoms with Crippen LogP contribution in [0.3, 0.4) is 0 Å². The number of benzene rings is 1. The molecule has 124 valence electrons. The van der Waals surface area contributed by atoms with E-state index >= 15 is 0 Å². The first-order chi connectivity index (χ1) is 11.5. The molecule has 1 aromatic heterocycles. The molecule has 1 N–H and O–H groups in total. The number of hydrogen-bond acceptors (Lipinski definition) is 6. The molecule has 1 aromatic carbocycles. The smallest absolute Gasteiger partial charge is 0.356 e. The lowest BCUT2D eigenvalue weighted by Crippen LogP contribution is -2.15. The van der Waals surface area contributed by atoms with E-state index in [2.05, 4.69) is 14.4 Å². The molecule has 2 rings (SSSR count). The fourth-order valence-corrected chi connectivity index (χ4v) is 2.94. The molecule has 2 aromatic rings. The first kappa shape index (κ1) is 17.4. The van der Waals surface area contributed by atoms with Crippen LogP contribution in [0.25, 0.3) is 0 Å². The highest BCUT2D eigenvalue weighted by Crippen LogP contribution is 2.16. The van der Waals surface area contributed by atoms with Gasteiger partial charge in [0.15, 0.2) is 5.69 Å². The van der Waals surface area contributed by atoms with Crippen molar-refractivity contribution >= 4 is 21.8 Å². The van der Waals surface area contributed by atoms with Gasteiger partial charge in [0.1, 0.15) is 5.82 Å². The van der Waals surface area contributed by atoms with E-state index in [0.29, 0.717) is 12.8 Å². The van der Waals surface area contributed by atoms with Crippen molar-refractivity contribution in [3.05, 3.63) is 53.7 Å². The molecule has 0 aliphatic heterocycles. The highest BCUT2D eigenvalue weighted by Gasteiger charge is 2.16. The van der Waals surface area contributed by atoms with Crippen LogP contribution in [0.4, 0.5) is 5.82 Å². The van der Waals surface area contributed by atoms with Crippen LogP contribution < -0.4 is 4.72 Å². The summed E-state index contributed by atoms with van der Waals surface area (Å²) in [7, 11) is -2.61. The van der Waals surface area contributed by atoms with Crippen LogP contribution in [-0.2, 0) is 21.2 Å². The number of ether oxygens (including phenoxy) is 1. The van der Waals surface area contributed by atoms with Crippen LogP contribution in [-0.4, -0.2) is 26.5 Å². The van der Waals surface area contributed by atoms with Gasteiger partial charge in [-0.3, -0.25) is 4.72 Å². The number of nitrogens with zero attached hydrogens (tertiary/aromatic N) is 2. The third kappa shape index (κ3) is 4.30. The number of anilines is 1. The van der Waals surface area contributed by atoms with E-state index in [1.165, 1.54) is 37.4 Å². The Kier molecular flexibility index (Phi) is 5.50. The molecule has 0 radical (unpaired) electrons. The predicted molar refractivity (Wildman–Crippen MR) is 86.8 cm³/mol. The zero-order valence-electron chi connectivity index (χ0n) is 12.9. The largest absolute Gasteiger partial charge is 0.464 e. The highest BCUT2D eigenvalue weighted by atomic mass is 32.2. The first-order valence-corrected chi connectivity index (χ1v) is 8.48. The molecule has 8 heteroatoms. The van der Waals surface area contributed by atoms with Crippen LogP contribution in [0.1, 0.15) is 22.5 Å². The van der Waals surface area contributed by atoms with E-state index in [1.807, 2.05) is 6.07 Å². The van der Waals surface area contributed by atoms with Crippen LogP contribution in [0.5, 0.6) is 0 Å². The normalized spacial score (nSPS) is 10.7. The Balaban J connectivity index is 2.19. The van der Waals surface area contributed by atoms with Crippen LogP contribution in [0, 0.1) is 11.3 Å². The Morgan fingerprint density at radius 2 is 1.96 bits per heavy atom. The van der Waals surface area contributed by atoms with E-state index < -0.39 is 16.0 Å². The van der Waals surface area contributed by atoms with Gasteiger partial charge < -0.3 is 4.74 Å². The average Bonchev–Trinajstić information content (AvgIpc) is 2.59. The van der Waals surface area contributed by atoms with Crippen molar-refractivity contribution in [3.63, 3.8) is 0 Å². The SMILES string of the molecule is COC(=O)c1cccc(NS(=O)(=O)c2ccc(CCC#N)cc2)n1. The van der Waals surface area contributed by atoms with Crippen molar-refractivity contribution in [1.29, 1.82) is 5.26 Å². The Morgan fingerprint density at radius 1 is 1.25 bits per heavy atom. The van der Waals surface area contributed by atoms with Crippen LogP contribution in [0.2, 0.25) is 0 Å². The average molecular weight is 345 g/mol. The number of sulfonamides is 1. The van der Waals surface area contributed by atoms with E-state index in [0.717, 1.165) is 5.56 Å². The molecule has 0 aliphatic rings. The van der Waals surface area contributed by atoms with Gasteiger partial charge in [-0.1, -0.05) is 18.2 Å². The number of rotatable bonds is 6. The van der Waals surface area contributed by atoms with Gasteiger partial charge in [-0.15, -0.1) is 0 Å². The molecule has 0 aliphatic carbocycles. The summed E-state index contributed by atoms with van der Waals surface area (Å²) in [6.07, 6.45) is 0.932. The monoisotopic (exact) mass is 345 g/mol. The zero-order chi connectivity index (χ0) is 17.6. The summed E-state index contributed by atoms with van der Waals surface area (Å²) < 4.78 is 31.6. The van der Waals surface area contributed by atoms with E-state index in [4.69, 9.17) is 5.26 Å². The minimum absolute atomic E-state index is 0.00421. The van der Waals surface area contributed by atoms with Gasteiger partial charge >= 0.3 is 5.97 Å². The van der Waals surface area contributed by atoms with Gasteiger partial charge in [0.05, 0.1) is 18.1 Å². The lowest BCUT2D eigenvalue weighted by atomic mass is 10.1. The third-order valence-electron chi connectivity index (χ3n) is 3.14. The minimum Gasteiger partial charge on any atom is -0.464 e. The number of aryl methyl sites for hydroxylation is 1. The van der Waals surface area contributed by atoms with Gasteiger partial charge in [0.25, 0.3) is 10.0 Å². The lowest BCUT2D eigenvalue weighted by Gasteiger charge is -2.09. The Labute approximate surface area is 140 Å². The molecular formula is C16H15N3O4S. The quantitative estimate of drug-likeness (QED) is 0.803. The molecule has 0 amide bonds. The summed E-state index contributed by atoms with van der Waals surface area (Å²) in [5, 5.41) is 8.56. The van der Waals surface area contributed by atoms with E-state index in [9.17, 15) is 13.2 Å². The van der Waals surface area contributed by atoms with E-state index in [1.54, 1.807) is 12.1 Å². The third-order valence-corrected chi connectivity index (χ3v) is 4.51. The molecule has 24 heavy (non-hydrogen) atoms. The van der Waals surface area contributed by atoms with Crippen LogP contribution in [0.15, 0.2) is 47.4 Å². The number of nitriles is 1. The van der Waals surface area contributed by atoms with Crippen molar-refractivity contribution in [2.45, 2.75) is 17.7 Å². The van der Waals surface area contributed by atoms with Crippen molar-refractivity contribution < 1.29 is 17.9 Å². The van der Waals surface area contributed by atoms with Crippen molar-refractivity contribution in [3.8, 4) is 6.07 Å². The number of methoxy groups -OCH3 is 1. The van der Waals surface area contributed by atoms with E-state index in [-0.39, 0.29) is 16.4 Å². The Bertz CT molecular complexity index is 871. The number of carbonyl (C=O) groups excluding carboxylic acids is 1. The number of hydrogen-bond donors (Lipinski definition) is 1. The van der Waals surface area contributed by atoms with Gasteiger partial charge in [0.2, 0.25) is 0 Å². The molecule has 0 unspecified atom stereocenters. The summed E-state index contributed by atoms with van der Waals surface area (Å²) >= 11 is 0. The molecule has 1 heterocycles. The molecule has 0 fully saturated rings. The minimum atomic E-state index is -3.83. The second-order valence-electron chi connectivity index (χ2n) is 4.81. The molecule has 0 bridgehead atoms. The summed E-state index contributed by atoms with van der Waals surface area (Å²) in [4.78, 5) is 15.4. The summed E-state index contributed by atoms with van der Waals surface area (Å²) in [6.45, 7) is 0. The topological polar surface area (TPSA) is 109 Å². The molecule has 0 saturated carbocycles. The fraction of sp³-hybridized carbons (Fsp3) is 0.188. The molecule has 0 atom stereocenters. The summed E-state index contributed by atoms with van der Waals surface area (Å²) in [5.74, 6) is -0.635. The molecular weight excluding hydrogens is 330 g/mol. The van der Waals surface area contributed by atoms with Gasteiger partial charge in [-0.2, -0.15) is 5.26 Å². The number of carbonyl (C=O) groups is 1. The lowest BCUT2D eigenvalue weighted by molar-refractivity contribution is 0.0594. The zero-order valence-corrected chi connectivity index (χ0v) is 13.7. The van der Waals surface area contributed by atoms with Crippen molar-refractivity contribution in [2.75, 3.05) is 11.8 Å². The first-order valence-electron chi connectivity index (χ1n) is 7.00. The predicted octanol–water partition coefficient (Wildman–Crippen LogP) is 2.13. The standard InChI is InChI=1S/C16H15N3O4S/c1-23-16(20)14-5-2-6-15(18-14)19-24(21,22)13-9-7-12(8-10-13)4-3-11-17/h2,5-10H,3-4H2,1H3,(H,18,19). The highest BCUT2D eigenvalue weighted by molar-refractivity contribution is 7.92. The maximum atomic E-state index is 12.4. The van der Waals surface area contributed by atoms with Crippen LogP contribution >= 0.6 is 0 Å². The van der Waals surface area contributed by atoms with Gasteiger partial charge in [-0.05, 0) is 36.2 Å². The van der Waals surface area contributed by atoms with Gasteiger partial charge in [-0.25, -0.2) is 18.2 Å². The Morgan fingerprint density at radius 3 is 2.58 bits per heavy atom. The fourth-order valence-electron chi connectivity index (χ4n) is 1.94. The second kappa shape index (κ2) is 7.57. The van der Waals surface area contributed by atoms with Crippen molar-refractivity contribution in [1.82, 2.24) is 4.98 Å². The maximum absolute atomic E-state index is 12.4. The molecule has 7 nitrogen and oxygen atoms in total.